The number of halogens is 1. The van der Waals surface area contributed by atoms with E-state index in [4.69, 9.17) is 5.73 Å². The molecule has 5 nitrogen and oxygen atoms in total. The molecule has 0 radical (unpaired) electrons. The van der Waals surface area contributed by atoms with Gasteiger partial charge in [-0.15, -0.1) is 0 Å². The van der Waals surface area contributed by atoms with Crippen LogP contribution in [-0.2, 0) is 4.79 Å². The van der Waals surface area contributed by atoms with E-state index < -0.39 is 17.8 Å². The number of carbonyl (C=O) groups is 2. The maximum Gasteiger partial charge on any atom is 0.256 e. The number of rotatable bonds is 2. The van der Waals surface area contributed by atoms with Gasteiger partial charge in [0.2, 0.25) is 5.91 Å². The summed E-state index contributed by atoms with van der Waals surface area (Å²) >= 11 is 0. The van der Waals surface area contributed by atoms with E-state index in [0.29, 0.717) is 19.5 Å². The highest BCUT2D eigenvalue weighted by molar-refractivity contribution is 6.01. The second-order valence-electron chi connectivity index (χ2n) is 4.41. The summed E-state index contributed by atoms with van der Waals surface area (Å²) in [6, 6.07) is 3.58. The third-order valence-corrected chi connectivity index (χ3v) is 3.26. The van der Waals surface area contributed by atoms with Gasteiger partial charge < -0.3 is 16.0 Å². The lowest BCUT2D eigenvalue weighted by atomic mass is 10.1. The highest BCUT2D eigenvalue weighted by atomic mass is 19.1. The molecule has 2 rings (SSSR count). The Bertz CT molecular complexity index is 519. The van der Waals surface area contributed by atoms with E-state index in [2.05, 4.69) is 5.32 Å². The summed E-state index contributed by atoms with van der Waals surface area (Å²) in [5.74, 6) is -1.21. The van der Waals surface area contributed by atoms with Crippen molar-refractivity contribution in [3.63, 3.8) is 0 Å². The number of benzene rings is 1. The topological polar surface area (TPSA) is 75.4 Å². The Kier molecular flexibility index (Phi) is 3.69. The quantitative estimate of drug-likeness (QED) is 0.775. The standard InChI is InChI=1S/C13H16FN3O2/c1-2-10-12(18)16-6-7-17(10)13(19)8-4-3-5-9(14)11(8)15/h3-5,10H,2,6-7,15H2,1H3,(H,16,18). The zero-order chi connectivity index (χ0) is 14.0. The maximum absolute atomic E-state index is 13.4. The van der Waals surface area contributed by atoms with Crippen LogP contribution in [-0.4, -0.2) is 35.8 Å². The largest absolute Gasteiger partial charge is 0.396 e. The van der Waals surface area contributed by atoms with E-state index in [1.54, 1.807) is 0 Å². The molecule has 0 spiro atoms. The van der Waals surface area contributed by atoms with Crippen LogP contribution in [0.2, 0.25) is 0 Å². The van der Waals surface area contributed by atoms with Crippen LogP contribution < -0.4 is 11.1 Å². The summed E-state index contributed by atoms with van der Waals surface area (Å²) in [4.78, 5) is 25.5. The van der Waals surface area contributed by atoms with Crippen molar-refractivity contribution >= 4 is 17.5 Å². The number of carbonyl (C=O) groups excluding carboxylic acids is 2. The van der Waals surface area contributed by atoms with Gasteiger partial charge in [-0.2, -0.15) is 0 Å². The summed E-state index contributed by atoms with van der Waals surface area (Å²) < 4.78 is 13.4. The van der Waals surface area contributed by atoms with Crippen LogP contribution in [0.1, 0.15) is 23.7 Å². The summed E-state index contributed by atoms with van der Waals surface area (Å²) in [5, 5.41) is 2.71. The summed E-state index contributed by atoms with van der Waals surface area (Å²) in [6.07, 6.45) is 0.507. The van der Waals surface area contributed by atoms with Gasteiger partial charge in [-0.1, -0.05) is 13.0 Å². The van der Waals surface area contributed by atoms with Crippen LogP contribution in [0.25, 0.3) is 0 Å². The van der Waals surface area contributed by atoms with Gasteiger partial charge in [-0.25, -0.2) is 4.39 Å². The van der Waals surface area contributed by atoms with Crippen LogP contribution in [0.15, 0.2) is 18.2 Å². The fourth-order valence-corrected chi connectivity index (χ4v) is 2.24. The predicted molar refractivity (Wildman–Crippen MR) is 68.9 cm³/mol. The third-order valence-electron chi connectivity index (χ3n) is 3.26. The Morgan fingerprint density at radius 2 is 2.32 bits per heavy atom. The highest BCUT2D eigenvalue weighted by Crippen LogP contribution is 2.20. The van der Waals surface area contributed by atoms with Gasteiger partial charge >= 0.3 is 0 Å². The molecule has 102 valence electrons. The molecule has 0 bridgehead atoms. The fraction of sp³-hybridized carbons (Fsp3) is 0.385. The van der Waals surface area contributed by atoms with Gasteiger partial charge in [-0.3, -0.25) is 9.59 Å². The highest BCUT2D eigenvalue weighted by Gasteiger charge is 2.32. The number of anilines is 1. The van der Waals surface area contributed by atoms with E-state index in [0.717, 1.165) is 0 Å². The van der Waals surface area contributed by atoms with Gasteiger partial charge in [0.15, 0.2) is 0 Å². The zero-order valence-corrected chi connectivity index (χ0v) is 10.6. The van der Waals surface area contributed by atoms with Crippen molar-refractivity contribution < 1.29 is 14.0 Å². The number of para-hydroxylation sites is 1. The molecule has 2 amide bonds. The van der Waals surface area contributed by atoms with Gasteiger partial charge in [0, 0.05) is 13.1 Å². The van der Waals surface area contributed by atoms with Crippen molar-refractivity contribution in [2.24, 2.45) is 0 Å². The minimum atomic E-state index is -0.625. The molecule has 19 heavy (non-hydrogen) atoms. The molecular formula is C13H16FN3O2. The molecule has 1 aliphatic heterocycles. The molecule has 6 heteroatoms. The lowest BCUT2D eigenvalue weighted by molar-refractivity contribution is -0.127. The van der Waals surface area contributed by atoms with Crippen molar-refractivity contribution in [2.75, 3.05) is 18.8 Å². The molecule has 1 unspecified atom stereocenters. The molecule has 3 N–H and O–H groups in total. The first-order chi connectivity index (χ1) is 9.06. The summed E-state index contributed by atoms with van der Waals surface area (Å²) in [6.45, 7) is 2.63. The second kappa shape index (κ2) is 5.26. The van der Waals surface area contributed by atoms with Crippen LogP contribution in [0.3, 0.4) is 0 Å². The molecule has 1 atom stereocenters. The van der Waals surface area contributed by atoms with Crippen molar-refractivity contribution in [1.82, 2.24) is 10.2 Å². The average Bonchev–Trinajstić information content (AvgIpc) is 2.41. The normalized spacial score (nSPS) is 19.2. The van der Waals surface area contributed by atoms with Crippen molar-refractivity contribution in [3.8, 4) is 0 Å². The molecule has 1 saturated heterocycles. The predicted octanol–water partition coefficient (Wildman–Crippen LogP) is 0.758. The lowest BCUT2D eigenvalue weighted by Gasteiger charge is -2.34. The first-order valence-electron chi connectivity index (χ1n) is 6.19. The third kappa shape index (κ3) is 2.38. The van der Waals surface area contributed by atoms with Crippen LogP contribution >= 0.6 is 0 Å². The number of nitrogens with two attached hydrogens (primary N) is 1. The van der Waals surface area contributed by atoms with E-state index in [1.165, 1.54) is 23.1 Å². The van der Waals surface area contributed by atoms with Crippen molar-refractivity contribution in [1.29, 1.82) is 0 Å². The maximum atomic E-state index is 13.4. The molecule has 0 aromatic heterocycles. The van der Waals surface area contributed by atoms with Gasteiger partial charge in [0.25, 0.3) is 5.91 Å². The number of nitrogens with one attached hydrogen (secondary N) is 1. The minimum absolute atomic E-state index is 0.105. The smallest absolute Gasteiger partial charge is 0.256 e. The molecule has 1 aromatic carbocycles. The molecule has 1 aliphatic rings. The number of nitrogens with zero attached hydrogens (tertiary/aromatic N) is 1. The van der Waals surface area contributed by atoms with Gasteiger partial charge in [-0.05, 0) is 18.6 Å². The number of hydrogen-bond acceptors (Lipinski definition) is 3. The van der Waals surface area contributed by atoms with E-state index in [1.807, 2.05) is 6.92 Å². The van der Waals surface area contributed by atoms with E-state index >= 15 is 0 Å². The van der Waals surface area contributed by atoms with Crippen molar-refractivity contribution in [3.05, 3.63) is 29.6 Å². The van der Waals surface area contributed by atoms with Gasteiger partial charge in [0.05, 0.1) is 11.3 Å². The van der Waals surface area contributed by atoms with Crippen LogP contribution in [0.4, 0.5) is 10.1 Å². The average molecular weight is 265 g/mol. The number of amides is 2. The Hall–Kier alpha value is -2.11. The first kappa shape index (κ1) is 13.3. The monoisotopic (exact) mass is 265 g/mol. The number of piperazine rings is 1. The van der Waals surface area contributed by atoms with Gasteiger partial charge in [0.1, 0.15) is 11.9 Å². The Morgan fingerprint density at radius 3 is 3.00 bits per heavy atom. The fourth-order valence-electron chi connectivity index (χ4n) is 2.24. The molecular weight excluding hydrogens is 249 g/mol. The van der Waals surface area contributed by atoms with E-state index in [-0.39, 0.29) is 17.2 Å². The van der Waals surface area contributed by atoms with Crippen LogP contribution in [0.5, 0.6) is 0 Å². The number of hydrogen-bond donors (Lipinski definition) is 2. The molecule has 0 aliphatic carbocycles. The Balaban J connectivity index is 2.32. The lowest BCUT2D eigenvalue weighted by Crippen LogP contribution is -2.57. The summed E-state index contributed by atoms with van der Waals surface area (Å²) in [5.41, 5.74) is 5.52. The second-order valence-corrected chi connectivity index (χ2v) is 4.41. The van der Waals surface area contributed by atoms with Crippen LogP contribution in [0, 0.1) is 5.82 Å². The van der Waals surface area contributed by atoms with Crippen molar-refractivity contribution in [2.45, 2.75) is 19.4 Å². The molecule has 0 saturated carbocycles. The SMILES string of the molecule is CCC1C(=O)NCCN1C(=O)c1cccc(F)c1N. The Labute approximate surface area is 110 Å². The van der Waals surface area contributed by atoms with E-state index in [9.17, 15) is 14.0 Å². The summed E-state index contributed by atoms with van der Waals surface area (Å²) in [7, 11) is 0. The zero-order valence-electron chi connectivity index (χ0n) is 10.6. The minimum Gasteiger partial charge on any atom is -0.396 e. The molecule has 1 heterocycles. The molecule has 1 aromatic rings. The number of nitrogen functional groups attached to an aromatic ring is 1. The Morgan fingerprint density at radius 1 is 1.58 bits per heavy atom. The first-order valence-corrected chi connectivity index (χ1v) is 6.19. The molecule has 1 fully saturated rings.